The number of hydrogen-bond acceptors (Lipinski definition) is 2. The van der Waals surface area contributed by atoms with Gasteiger partial charge in [0.15, 0.2) is 0 Å². The molecule has 0 aromatic heterocycles. The summed E-state index contributed by atoms with van der Waals surface area (Å²) in [7, 11) is 0. The predicted molar refractivity (Wildman–Crippen MR) is 58.9 cm³/mol. The summed E-state index contributed by atoms with van der Waals surface area (Å²) in [5.74, 6) is 0.330. The van der Waals surface area contributed by atoms with Crippen molar-refractivity contribution in [3.63, 3.8) is 0 Å². The lowest BCUT2D eigenvalue weighted by molar-refractivity contribution is 0.197. The number of hydrogen-bond donors (Lipinski definition) is 0. The van der Waals surface area contributed by atoms with Crippen LogP contribution in [0.2, 0.25) is 0 Å². The van der Waals surface area contributed by atoms with E-state index in [1.807, 2.05) is 0 Å². The largest absolute Gasteiger partial charge is 0.300 e. The SMILES string of the molecule is CCCN(CCC)C1CCC(C#N)C1. The van der Waals surface area contributed by atoms with E-state index in [9.17, 15) is 0 Å². The molecule has 2 heteroatoms. The summed E-state index contributed by atoms with van der Waals surface area (Å²) >= 11 is 0. The zero-order valence-corrected chi connectivity index (χ0v) is 9.50. The summed E-state index contributed by atoms with van der Waals surface area (Å²) in [6.07, 6.45) is 5.92. The van der Waals surface area contributed by atoms with E-state index in [4.69, 9.17) is 5.26 Å². The Morgan fingerprint density at radius 2 is 1.86 bits per heavy atom. The second-order valence-corrected chi connectivity index (χ2v) is 4.33. The predicted octanol–water partition coefficient (Wildman–Crippen LogP) is 2.80. The molecular formula is C12H22N2. The van der Waals surface area contributed by atoms with Crippen LogP contribution in [0, 0.1) is 17.2 Å². The third-order valence-corrected chi connectivity index (χ3v) is 3.13. The molecule has 0 spiro atoms. The first kappa shape index (κ1) is 11.5. The third kappa shape index (κ3) is 2.99. The lowest BCUT2D eigenvalue weighted by Crippen LogP contribution is -2.34. The third-order valence-electron chi connectivity index (χ3n) is 3.13. The Labute approximate surface area is 87.9 Å². The highest BCUT2D eigenvalue weighted by molar-refractivity contribution is 4.93. The van der Waals surface area contributed by atoms with Gasteiger partial charge in [-0.25, -0.2) is 0 Å². The fourth-order valence-corrected chi connectivity index (χ4v) is 2.46. The van der Waals surface area contributed by atoms with E-state index in [0.29, 0.717) is 12.0 Å². The highest BCUT2D eigenvalue weighted by atomic mass is 15.2. The lowest BCUT2D eigenvalue weighted by atomic mass is 10.1. The maximum absolute atomic E-state index is 8.86. The first-order chi connectivity index (χ1) is 6.81. The maximum atomic E-state index is 8.86. The van der Waals surface area contributed by atoms with Gasteiger partial charge in [0.05, 0.1) is 6.07 Å². The zero-order chi connectivity index (χ0) is 10.4. The van der Waals surface area contributed by atoms with Crippen LogP contribution < -0.4 is 0 Å². The fraction of sp³-hybridized carbons (Fsp3) is 0.917. The second-order valence-electron chi connectivity index (χ2n) is 4.33. The Morgan fingerprint density at radius 1 is 1.21 bits per heavy atom. The van der Waals surface area contributed by atoms with E-state index in [1.54, 1.807) is 0 Å². The van der Waals surface area contributed by atoms with Crippen molar-refractivity contribution in [1.82, 2.24) is 4.90 Å². The average Bonchev–Trinajstić information content (AvgIpc) is 2.65. The topological polar surface area (TPSA) is 27.0 Å². The van der Waals surface area contributed by atoms with Gasteiger partial charge in [-0.1, -0.05) is 13.8 Å². The van der Waals surface area contributed by atoms with Gasteiger partial charge in [0.1, 0.15) is 0 Å². The summed E-state index contributed by atoms with van der Waals surface area (Å²) < 4.78 is 0. The van der Waals surface area contributed by atoms with Crippen LogP contribution in [0.25, 0.3) is 0 Å². The zero-order valence-electron chi connectivity index (χ0n) is 9.50. The van der Waals surface area contributed by atoms with Crippen molar-refractivity contribution in [2.45, 2.75) is 52.0 Å². The van der Waals surface area contributed by atoms with Gasteiger partial charge in [-0.3, -0.25) is 0 Å². The second kappa shape index (κ2) is 6.03. The summed E-state index contributed by atoms with van der Waals surface area (Å²) in [4.78, 5) is 2.58. The van der Waals surface area contributed by atoms with Gasteiger partial charge in [0.2, 0.25) is 0 Å². The monoisotopic (exact) mass is 194 g/mol. The molecule has 14 heavy (non-hydrogen) atoms. The molecule has 2 unspecified atom stereocenters. The minimum Gasteiger partial charge on any atom is -0.300 e. The van der Waals surface area contributed by atoms with E-state index in [2.05, 4.69) is 24.8 Å². The Bertz CT molecular complexity index is 189. The molecule has 0 amide bonds. The van der Waals surface area contributed by atoms with Crippen LogP contribution in [0.4, 0.5) is 0 Å². The lowest BCUT2D eigenvalue weighted by Gasteiger charge is -2.27. The standard InChI is InChI=1S/C12H22N2/c1-3-7-14(8-4-2)12-6-5-11(9-12)10-13/h11-12H,3-9H2,1-2H3. The average molecular weight is 194 g/mol. The minimum atomic E-state index is 0.330. The van der Waals surface area contributed by atoms with Crippen molar-refractivity contribution in [3.05, 3.63) is 0 Å². The van der Waals surface area contributed by atoms with Crippen LogP contribution in [0.1, 0.15) is 46.0 Å². The molecule has 0 aliphatic heterocycles. The van der Waals surface area contributed by atoms with Crippen molar-refractivity contribution in [2.75, 3.05) is 13.1 Å². The van der Waals surface area contributed by atoms with E-state index in [-0.39, 0.29) is 0 Å². The van der Waals surface area contributed by atoms with Crippen molar-refractivity contribution in [2.24, 2.45) is 5.92 Å². The van der Waals surface area contributed by atoms with Crippen LogP contribution in [0.5, 0.6) is 0 Å². The highest BCUT2D eigenvalue weighted by Gasteiger charge is 2.28. The fourth-order valence-electron chi connectivity index (χ4n) is 2.46. The summed E-state index contributed by atoms with van der Waals surface area (Å²) in [6, 6.07) is 3.10. The quantitative estimate of drug-likeness (QED) is 0.673. The van der Waals surface area contributed by atoms with Crippen LogP contribution in [0.3, 0.4) is 0 Å². The Morgan fingerprint density at radius 3 is 2.29 bits per heavy atom. The molecule has 1 aliphatic carbocycles. The van der Waals surface area contributed by atoms with Crippen molar-refractivity contribution >= 4 is 0 Å². The molecule has 1 rings (SSSR count). The molecule has 0 radical (unpaired) electrons. The van der Waals surface area contributed by atoms with Crippen LogP contribution in [-0.4, -0.2) is 24.0 Å². The first-order valence-corrected chi connectivity index (χ1v) is 5.95. The molecule has 0 heterocycles. The van der Waals surface area contributed by atoms with E-state index in [1.165, 1.54) is 32.4 Å². The highest BCUT2D eigenvalue weighted by Crippen LogP contribution is 2.28. The normalized spacial score (nSPS) is 26.7. The van der Waals surface area contributed by atoms with E-state index >= 15 is 0 Å². The molecule has 0 N–H and O–H groups in total. The molecule has 1 aliphatic rings. The number of nitrogens with zero attached hydrogens (tertiary/aromatic N) is 2. The van der Waals surface area contributed by atoms with E-state index < -0.39 is 0 Å². The van der Waals surface area contributed by atoms with Gasteiger partial charge in [-0.15, -0.1) is 0 Å². The molecule has 0 aromatic carbocycles. The smallest absolute Gasteiger partial charge is 0.0656 e. The summed E-state index contributed by atoms with van der Waals surface area (Å²) in [5, 5.41) is 8.86. The van der Waals surface area contributed by atoms with Crippen LogP contribution >= 0.6 is 0 Å². The van der Waals surface area contributed by atoms with Crippen LogP contribution in [0.15, 0.2) is 0 Å². The van der Waals surface area contributed by atoms with Gasteiger partial charge in [-0.05, 0) is 45.2 Å². The van der Waals surface area contributed by atoms with E-state index in [0.717, 1.165) is 12.8 Å². The Balaban J connectivity index is 2.41. The van der Waals surface area contributed by atoms with Gasteiger partial charge in [0.25, 0.3) is 0 Å². The van der Waals surface area contributed by atoms with Gasteiger partial charge in [0, 0.05) is 12.0 Å². The number of nitriles is 1. The first-order valence-electron chi connectivity index (χ1n) is 5.95. The summed E-state index contributed by atoms with van der Waals surface area (Å²) in [6.45, 7) is 6.88. The Hall–Kier alpha value is -0.550. The van der Waals surface area contributed by atoms with Crippen molar-refractivity contribution in [1.29, 1.82) is 5.26 Å². The van der Waals surface area contributed by atoms with Gasteiger partial charge in [-0.2, -0.15) is 5.26 Å². The van der Waals surface area contributed by atoms with Crippen molar-refractivity contribution < 1.29 is 0 Å². The molecule has 0 aromatic rings. The van der Waals surface area contributed by atoms with Crippen molar-refractivity contribution in [3.8, 4) is 6.07 Å². The van der Waals surface area contributed by atoms with Gasteiger partial charge < -0.3 is 4.90 Å². The molecule has 2 atom stereocenters. The molecule has 1 saturated carbocycles. The molecule has 80 valence electrons. The number of rotatable bonds is 5. The minimum absolute atomic E-state index is 0.330. The van der Waals surface area contributed by atoms with Crippen LogP contribution in [-0.2, 0) is 0 Å². The molecule has 0 bridgehead atoms. The summed E-state index contributed by atoms with van der Waals surface area (Å²) in [5.41, 5.74) is 0. The molecule has 1 fully saturated rings. The molecule has 2 nitrogen and oxygen atoms in total. The Kier molecular flexibility index (Phi) is 4.97. The van der Waals surface area contributed by atoms with Gasteiger partial charge >= 0.3 is 0 Å². The maximum Gasteiger partial charge on any atom is 0.0656 e. The molecular weight excluding hydrogens is 172 g/mol. The molecule has 0 saturated heterocycles.